The number of hydrogen-bond donors (Lipinski definition) is 1. The van der Waals surface area contributed by atoms with E-state index in [1.165, 1.54) is 10.5 Å². The Morgan fingerprint density at radius 2 is 1.81 bits per heavy atom. The number of rotatable bonds is 5. The van der Waals surface area contributed by atoms with Gasteiger partial charge in [0.15, 0.2) is 6.61 Å². The fourth-order valence-corrected chi connectivity index (χ4v) is 6.01. The van der Waals surface area contributed by atoms with Gasteiger partial charge in [-0.15, -0.1) is 23.5 Å². The molecular formula is C18H22N2O4S2. The monoisotopic (exact) mass is 394 g/mol. The molecule has 2 saturated heterocycles. The van der Waals surface area contributed by atoms with Crippen LogP contribution in [0.2, 0.25) is 0 Å². The first-order valence-electron chi connectivity index (χ1n) is 8.65. The van der Waals surface area contributed by atoms with E-state index in [1.54, 1.807) is 12.1 Å². The number of likely N-dealkylation sites (tertiary alicyclic amines) is 1. The molecule has 2 aliphatic heterocycles. The van der Waals surface area contributed by atoms with Crippen molar-refractivity contribution in [2.24, 2.45) is 5.73 Å². The Kier molecular flexibility index (Phi) is 6.48. The molecule has 0 aliphatic carbocycles. The van der Waals surface area contributed by atoms with E-state index in [4.69, 9.17) is 10.5 Å². The quantitative estimate of drug-likeness (QED) is 0.770. The summed E-state index contributed by atoms with van der Waals surface area (Å²) in [6, 6.07) is 6.73. The summed E-state index contributed by atoms with van der Waals surface area (Å²) in [5.41, 5.74) is 6.96. The fraction of sp³-hybridized carbons (Fsp3) is 0.500. The number of piperidine rings is 1. The molecule has 140 valence electrons. The van der Waals surface area contributed by atoms with Crippen LogP contribution in [0, 0.1) is 0 Å². The van der Waals surface area contributed by atoms with Gasteiger partial charge in [-0.3, -0.25) is 9.59 Å². The third-order valence-electron chi connectivity index (χ3n) is 4.52. The molecule has 0 saturated carbocycles. The number of hydrogen-bond acceptors (Lipinski definition) is 6. The normalized spacial score (nSPS) is 20.8. The Morgan fingerprint density at radius 1 is 1.12 bits per heavy atom. The van der Waals surface area contributed by atoms with Crippen LogP contribution >= 0.6 is 23.5 Å². The summed E-state index contributed by atoms with van der Waals surface area (Å²) < 4.78 is 5.57. The van der Waals surface area contributed by atoms with Crippen molar-refractivity contribution in [3.8, 4) is 0 Å². The zero-order valence-electron chi connectivity index (χ0n) is 14.4. The summed E-state index contributed by atoms with van der Waals surface area (Å²) in [4.78, 5) is 37.4. The SMILES string of the molecule is NC(=O)[C@@H]1CCCCN1C(=O)COC(=O)c1ccc(C2SCCS2)cc1. The smallest absolute Gasteiger partial charge is 0.338 e. The lowest BCUT2D eigenvalue weighted by atomic mass is 10.0. The molecular weight excluding hydrogens is 372 g/mol. The van der Waals surface area contributed by atoms with Gasteiger partial charge in [-0.05, 0) is 37.0 Å². The second-order valence-corrected chi connectivity index (χ2v) is 9.00. The summed E-state index contributed by atoms with van der Waals surface area (Å²) in [5, 5.41) is 0. The van der Waals surface area contributed by atoms with Crippen LogP contribution in [-0.2, 0) is 14.3 Å². The first-order chi connectivity index (χ1) is 12.6. The van der Waals surface area contributed by atoms with Gasteiger partial charge in [0.2, 0.25) is 5.91 Å². The minimum atomic E-state index is -0.601. The van der Waals surface area contributed by atoms with Crippen LogP contribution in [0.15, 0.2) is 24.3 Å². The number of carbonyl (C=O) groups excluding carboxylic acids is 3. The predicted molar refractivity (Wildman–Crippen MR) is 103 cm³/mol. The number of carbonyl (C=O) groups is 3. The summed E-state index contributed by atoms with van der Waals surface area (Å²) in [5.74, 6) is 0.859. The third-order valence-corrected chi connectivity index (χ3v) is 7.62. The van der Waals surface area contributed by atoms with Crippen LogP contribution in [0.25, 0.3) is 0 Å². The number of primary amides is 1. The molecule has 0 aromatic heterocycles. The van der Waals surface area contributed by atoms with Gasteiger partial charge in [0.1, 0.15) is 6.04 Å². The topological polar surface area (TPSA) is 89.7 Å². The Hall–Kier alpha value is -1.67. The number of nitrogens with two attached hydrogens (primary N) is 1. The van der Waals surface area contributed by atoms with E-state index in [1.807, 2.05) is 35.7 Å². The van der Waals surface area contributed by atoms with Crippen molar-refractivity contribution in [1.82, 2.24) is 4.90 Å². The van der Waals surface area contributed by atoms with Gasteiger partial charge < -0.3 is 15.4 Å². The average molecular weight is 395 g/mol. The summed E-state index contributed by atoms with van der Waals surface area (Å²) in [6.07, 6.45) is 2.25. The molecule has 2 fully saturated rings. The fourth-order valence-electron chi connectivity index (χ4n) is 3.15. The van der Waals surface area contributed by atoms with Gasteiger partial charge in [0.05, 0.1) is 10.1 Å². The number of nitrogens with zero attached hydrogens (tertiary/aromatic N) is 1. The predicted octanol–water partition coefficient (Wildman–Crippen LogP) is 2.19. The van der Waals surface area contributed by atoms with Crippen molar-refractivity contribution < 1.29 is 19.1 Å². The van der Waals surface area contributed by atoms with E-state index in [-0.39, 0.29) is 12.5 Å². The first-order valence-corrected chi connectivity index (χ1v) is 10.7. The lowest BCUT2D eigenvalue weighted by molar-refractivity contribution is -0.143. The highest BCUT2D eigenvalue weighted by Crippen LogP contribution is 2.45. The molecule has 0 bridgehead atoms. The highest BCUT2D eigenvalue weighted by atomic mass is 32.2. The number of esters is 1. The van der Waals surface area contributed by atoms with Crippen molar-refractivity contribution in [3.05, 3.63) is 35.4 Å². The maximum absolute atomic E-state index is 12.3. The highest BCUT2D eigenvalue weighted by Gasteiger charge is 2.31. The van der Waals surface area contributed by atoms with Crippen molar-refractivity contribution in [2.75, 3.05) is 24.7 Å². The minimum absolute atomic E-state index is 0.376. The van der Waals surface area contributed by atoms with E-state index in [0.29, 0.717) is 23.1 Å². The van der Waals surface area contributed by atoms with Crippen molar-refractivity contribution in [2.45, 2.75) is 29.9 Å². The summed E-state index contributed by atoms with van der Waals surface area (Å²) in [6.45, 7) is 0.0914. The third kappa shape index (κ3) is 4.54. The molecule has 6 nitrogen and oxygen atoms in total. The van der Waals surface area contributed by atoms with Gasteiger partial charge in [-0.25, -0.2) is 4.79 Å². The molecule has 0 radical (unpaired) electrons. The van der Waals surface area contributed by atoms with Crippen molar-refractivity contribution in [3.63, 3.8) is 0 Å². The molecule has 26 heavy (non-hydrogen) atoms. The molecule has 1 aromatic rings. The van der Waals surface area contributed by atoms with Gasteiger partial charge in [0, 0.05) is 18.1 Å². The van der Waals surface area contributed by atoms with Crippen LogP contribution < -0.4 is 5.73 Å². The number of amides is 2. The standard InChI is InChI=1S/C18H22N2O4S2/c19-16(22)14-3-1-2-8-20(14)15(21)11-24-17(23)12-4-6-13(7-5-12)18-25-9-10-26-18/h4-7,14,18H,1-3,8-11H2,(H2,19,22)/t14-/m0/s1. The molecule has 2 N–H and O–H groups in total. The Morgan fingerprint density at radius 3 is 2.46 bits per heavy atom. The maximum Gasteiger partial charge on any atom is 0.338 e. The maximum atomic E-state index is 12.3. The second-order valence-electron chi connectivity index (χ2n) is 6.27. The van der Waals surface area contributed by atoms with E-state index < -0.39 is 17.9 Å². The zero-order valence-corrected chi connectivity index (χ0v) is 16.0. The summed E-state index contributed by atoms with van der Waals surface area (Å²) >= 11 is 3.80. The van der Waals surface area contributed by atoms with Gasteiger partial charge >= 0.3 is 5.97 Å². The first kappa shape index (κ1) is 19.1. The molecule has 2 aliphatic rings. The zero-order chi connectivity index (χ0) is 18.5. The largest absolute Gasteiger partial charge is 0.452 e. The van der Waals surface area contributed by atoms with Gasteiger partial charge in [0.25, 0.3) is 5.91 Å². The van der Waals surface area contributed by atoms with Crippen LogP contribution in [0.4, 0.5) is 0 Å². The highest BCUT2D eigenvalue weighted by molar-refractivity contribution is 8.19. The molecule has 2 amide bonds. The average Bonchev–Trinajstić information content (AvgIpc) is 3.20. The van der Waals surface area contributed by atoms with Crippen molar-refractivity contribution in [1.29, 1.82) is 0 Å². The van der Waals surface area contributed by atoms with E-state index in [2.05, 4.69) is 0 Å². The Bertz CT molecular complexity index is 674. The van der Waals surface area contributed by atoms with E-state index in [0.717, 1.165) is 24.3 Å². The molecule has 2 heterocycles. The molecule has 3 rings (SSSR count). The molecule has 0 unspecified atom stereocenters. The number of ether oxygens (including phenoxy) is 1. The Balaban J connectivity index is 1.54. The van der Waals surface area contributed by atoms with E-state index >= 15 is 0 Å². The minimum Gasteiger partial charge on any atom is -0.452 e. The molecule has 1 aromatic carbocycles. The van der Waals surface area contributed by atoms with Crippen LogP contribution in [-0.4, -0.2) is 53.4 Å². The lowest BCUT2D eigenvalue weighted by Gasteiger charge is -2.33. The van der Waals surface area contributed by atoms with Gasteiger partial charge in [-0.2, -0.15) is 0 Å². The van der Waals surface area contributed by atoms with E-state index in [9.17, 15) is 14.4 Å². The second kappa shape index (κ2) is 8.81. The number of thioether (sulfide) groups is 2. The number of benzene rings is 1. The van der Waals surface area contributed by atoms with Crippen molar-refractivity contribution >= 4 is 41.3 Å². The lowest BCUT2D eigenvalue weighted by Crippen LogP contribution is -2.51. The summed E-state index contributed by atoms with van der Waals surface area (Å²) in [7, 11) is 0. The van der Waals surface area contributed by atoms with Crippen LogP contribution in [0.3, 0.4) is 0 Å². The molecule has 8 heteroatoms. The van der Waals surface area contributed by atoms with Crippen LogP contribution in [0.5, 0.6) is 0 Å². The molecule has 1 atom stereocenters. The molecule has 0 spiro atoms. The van der Waals surface area contributed by atoms with Crippen LogP contribution in [0.1, 0.15) is 39.8 Å². The Labute approximate surface area is 161 Å². The van der Waals surface area contributed by atoms with Gasteiger partial charge in [-0.1, -0.05) is 12.1 Å².